The van der Waals surface area contributed by atoms with Crippen molar-refractivity contribution in [3.63, 3.8) is 0 Å². The molecule has 1 saturated carbocycles. The number of pyridine rings is 1. The number of H-pyrrole nitrogens is 1. The molecular formula is C22H29FN2O4. The number of hydrogen-bond acceptors (Lipinski definition) is 4. The van der Waals surface area contributed by atoms with E-state index < -0.39 is 12.2 Å². The van der Waals surface area contributed by atoms with Gasteiger partial charge >= 0.3 is 0 Å². The van der Waals surface area contributed by atoms with Crippen LogP contribution in [0.3, 0.4) is 0 Å². The summed E-state index contributed by atoms with van der Waals surface area (Å²) in [6.45, 7) is 1.78. The first-order valence-corrected chi connectivity index (χ1v) is 10.5. The Kier molecular flexibility index (Phi) is 7.49. The smallest absolute Gasteiger partial charge is 0.261 e. The maximum absolute atomic E-state index is 12.7. The van der Waals surface area contributed by atoms with Gasteiger partial charge in [0.2, 0.25) is 0 Å². The molecule has 7 heteroatoms. The van der Waals surface area contributed by atoms with Crippen LogP contribution < -0.4 is 20.3 Å². The minimum atomic E-state index is -0.622. The van der Waals surface area contributed by atoms with Gasteiger partial charge in [-0.25, -0.2) is 4.39 Å². The highest BCUT2D eigenvalue weighted by atomic mass is 19.1. The molecule has 1 aliphatic carbocycles. The maximum atomic E-state index is 12.7. The molecular weight excluding hydrogens is 375 g/mol. The first-order valence-electron chi connectivity index (χ1n) is 10.5. The van der Waals surface area contributed by atoms with Crippen LogP contribution in [0.4, 0.5) is 4.39 Å². The fourth-order valence-electron chi connectivity index (χ4n) is 3.63. The number of rotatable bonds is 9. The number of aromatic nitrogens is 1. The van der Waals surface area contributed by atoms with Gasteiger partial charge in [0.05, 0.1) is 12.1 Å². The molecule has 0 bridgehead atoms. The van der Waals surface area contributed by atoms with Gasteiger partial charge in [0.25, 0.3) is 11.5 Å². The first kappa shape index (κ1) is 21.1. The van der Waals surface area contributed by atoms with Crippen molar-refractivity contribution >= 4 is 16.8 Å². The van der Waals surface area contributed by atoms with E-state index in [2.05, 4.69) is 10.3 Å². The summed E-state index contributed by atoms with van der Waals surface area (Å²) in [5.41, 5.74) is 0.0606. The predicted molar refractivity (Wildman–Crippen MR) is 111 cm³/mol. The van der Waals surface area contributed by atoms with Gasteiger partial charge in [-0.1, -0.05) is 32.6 Å². The third kappa shape index (κ3) is 5.28. The number of carbonyl (C=O) groups is 1. The van der Waals surface area contributed by atoms with Crippen molar-refractivity contribution in [2.45, 2.75) is 57.9 Å². The molecule has 1 aromatic carbocycles. The second-order valence-electron chi connectivity index (χ2n) is 7.42. The fourth-order valence-corrected chi connectivity index (χ4v) is 3.63. The van der Waals surface area contributed by atoms with Crippen LogP contribution >= 0.6 is 0 Å². The number of unbranched alkanes of at least 4 members (excludes halogenated alkanes) is 1. The van der Waals surface area contributed by atoms with Crippen LogP contribution in [0.15, 0.2) is 23.0 Å². The van der Waals surface area contributed by atoms with Gasteiger partial charge in [-0.2, -0.15) is 0 Å². The Bertz CT molecular complexity index is 890. The molecule has 0 radical (unpaired) electrons. The molecule has 2 N–H and O–H groups in total. The highest BCUT2D eigenvalue weighted by Gasteiger charge is 2.20. The van der Waals surface area contributed by atoms with Crippen molar-refractivity contribution in [3.05, 3.63) is 34.1 Å². The van der Waals surface area contributed by atoms with Gasteiger partial charge in [0.1, 0.15) is 18.8 Å². The lowest BCUT2D eigenvalue weighted by atomic mass is 9.95. The summed E-state index contributed by atoms with van der Waals surface area (Å²) in [7, 11) is 0. The summed E-state index contributed by atoms with van der Waals surface area (Å²) in [6, 6.07) is 5.12. The molecule has 1 amide bonds. The highest BCUT2D eigenvalue weighted by Crippen LogP contribution is 2.34. The van der Waals surface area contributed by atoms with Gasteiger partial charge in [0.15, 0.2) is 11.5 Å². The number of fused-ring (bicyclic) bond motifs is 1. The number of amides is 1. The topological polar surface area (TPSA) is 80.4 Å². The third-order valence-electron chi connectivity index (χ3n) is 5.20. The summed E-state index contributed by atoms with van der Waals surface area (Å²) in [6.07, 6.45) is 7.07. The van der Waals surface area contributed by atoms with Crippen LogP contribution in [0, 0.1) is 0 Å². The Balaban J connectivity index is 1.91. The van der Waals surface area contributed by atoms with Gasteiger partial charge in [-0.05, 0) is 37.5 Å². The Morgan fingerprint density at radius 3 is 2.72 bits per heavy atom. The van der Waals surface area contributed by atoms with Crippen molar-refractivity contribution in [2.24, 2.45) is 0 Å². The summed E-state index contributed by atoms with van der Waals surface area (Å²) in [4.78, 5) is 28.1. The quantitative estimate of drug-likeness (QED) is 0.616. The molecule has 2 aromatic rings. The zero-order valence-corrected chi connectivity index (χ0v) is 16.9. The molecule has 0 spiro atoms. The number of alkyl halides is 1. The van der Waals surface area contributed by atoms with Gasteiger partial charge in [0, 0.05) is 11.4 Å². The molecule has 0 saturated heterocycles. The number of carbonyl (C=O) groups excluding carboxylic acids is 1. The SMILES string of the molecule is CCCCOc1c(OCCF)ccc2cc(C(=O)NC3CCCCC3)c(=O)[nH]c12. The van der Waals surface area contributed by atoms with Gasteiger partial charge < -0.3 is 19.8 Å². The Morgan fingerprint density at radius 1 is 1.21 bits per heavy atom. The molecule has 29 heavy (non-hydrogen) atoms. The monoisotopic (exact) mass is 404 g/mol. The maximum Gasteiger partial charge on any atom is 0.261 e. The number of benzene rings is 1. The summed E-state index contributed by atoms with van der Waals surface area (Å²) in [5, 5.41) is 3.64. The number of aromatic amines is 1. The Hall–Kier alpha value is -2.57. The number of nitrogens with one attached hydrogen (secondary N) is 2. The lowest BCUT2D eigenvalue weighted by Gasteiger charge is -2.22. The minimum Gasteiger partial charge on any atom is -0.488 e. The van der Waals surface area contributed by atoms with E-state index in [0.717, 1.165) is 38.5 Å². The molecule has 0 unspecified atom stereocenters. The van der Waals surface area contributed by atoms with Crippen LogP contribution in [0.2, 0.25) is 0 Å². The van der Waals surface area contributed by atoms with E-state index in [4.69, 9.17) is 9.47 Å². The zero-order valence-electron chi connectivity index (χ0n) is 16.9. The molecule has 0 aliphatic heterocycles. The largest absolute Gasteiger partial charge is 0.488 e. The summed E-state index contributed by atoms with van der Waals surface area (Å²) >= 11 is 0. The Labute approximate surface area is 169 Å². The zero-order chi connectivity index (χ0) is 20.6. The normalized spacial score (nSPS) is 14.7. The fraction of sp³-hybridized carbons (Fsp3) is 0.545. The predicted octanol–water partition coefficient (Wildman–Crippen LogP) is 4.12. The molecule has 0 atom stereocenters. The van der Waals surface area contributed by atoms with Gasteiger partial charge in [-0.3, -0.25) is 9.59 Å². The lowest BCUT2D eigenvalue weighted by Crippen LogP contribution is -2.38. The molecule has 1 aliphatic rings. The standard InChI is InChI=1S/C22H29FN2O4/c1-2-3-12-29-20-18(28-13-11-23)10-9-15-14-17(22(27)25-19(15)20)21(26)24-16-7-5-4-6-8-16/h9-10,14,16H,2-8,11-13H2,1H3,(H,24,26)(H,25,27). The van der Waals surface area contributed by atoms with Crippen molar-refractivity contribution in [1.29, 1.82) is 0 Å². The van der Waals surface area contributed by atoms with Crippen LogP contribution in [-0.2, 0) is 0 Å². The van der Waals surface area contributed by atoms with Crippen molar-refractivity contribution < 1.29 is 18.7 Å². The van der Waals surface area contributed by atoms with Crippen molar-refractivity contribution in [1.82, 2.24) is 10.3 Å². The van der Waals surface area contributed by atoms with E-state index in [1.54, 1.807) is 18.2 Å². The molecule has 3 rings (SSSR count). The average molecular weight is 404 g/mol. The number of ether oxygens (including phenoxy) is 2. The number of hydrogen-bond donors (Lipinski definition) is 2. The van der Waals surface area contributed by atoms with Crippen molar-refractivity contribution in [3.8, 4) is 11.5 Å². The van der Waals surface area contributed by atoms with E-state index in [1.807, 2.05) is 6.92 Å². The Morgan fingerprint density at radius 2 is 2.00 bits per heavy atom. The average Bonchev–Trinajstić information content (AvgIpc) is 2.73. The molecule has 1 aromatic heterocycles. The lowest BCUT2D eigenvalue weighted by molar-refractivity contribution is 0.0926. The van der Waals surface area contributed by atoms with E-state index in [-0.39, 0.29) is 24.1 Å². The van der Waals surface area contributed by atoms with Crippen LogP contribution in [0.1, 0.15) is 62.2 Å². The summed E-state index contributed by atoms with van der Waals surface area (Å²) in [5.74, 6) is 0.397. The van der Waals surface area contributed by atoms with Gasteiger partial charge in [-0.15, -0.1) is 0 Å². The highest BCUT2D eigenvalue weighted by molar-refractivity contribution is 5.98. The molecule has 6 nitrogen and oxygen atoms in total. The van der Waals surface area contributed by atoms with E-state index >= 15 is 0 Å². The van der Waals surface area contributed by atoms with E-state index in [9.17, 15) is 14.0 Å². The third-order valence-corrected chi connectivity index (χ3v) is 5.20. The second-order valence-corrected chi connectivity index (χ2v) is 7.42. The van der Waals surface area contributed by atoms with E-state index in [1.165, 1.54) is 6.42 Å². The minimum absolute atomic E-state index is 0.0833. The molecule has 1 heterocycles. The van der Waals surface area contributed by atoms with Crippen LogP contribution in [-0.4, -0.2) is 36.8 Å². The first-order chi connectivity index (χ1) is 14.1. The molecule has 158 valence electrons. The van der Waals surface area contributed by atoms with E-state index in [0.29, 0.717) is 29.0 Å². The van der Waals surface area contributed by atoms with Crippen LogP contribution in [0.5, 0.6) is 11.5 Å². The summed E-state index contributed by atoms with van der Waals surface area (Å²) < 4.78 is 23.8. The number of halogens is 1. The van der Waals surface area contributed by atoms with Crippen molar-refractivity contribution in [2.75, 3.05) is 19.9 Å². The molecule has 1 fully saturated rings. The second kappa shape index (κ2) is 10.3. The van der Waals surface area contributed by atoms with Crippen LogP contribution in [0.25, 0.3) is 10.9 Å².